The van der Waals surface area contributed by atoms with E-state index in [-0.39, 0.29) is 35.0 Å². The van der Waals surface area contributed by atoms with E-state index < -0.39 is 22.9 Å². The molecule has 1 N–H and O–H groups in total. The van der Waals surface area contributed by atoms with Gasteiger partial charge in [-0.2, -0.15) is 0 Å². The lowest BCUT2D eigenvalue weighted by atomic mass is 9.77. The van der Waals surface area contributed by atoms with Crippen LogP contribution in [0, 0.1) is 0 Å². The Hall–Kier alpha value is -6.70. The summed E-state index contributed by atoms with van der Waals surface area (Å²) in [4.78, 5) is 30.2. The van der Waals surface area contributed by atoms with Gasteiger partial charge in [0.1, 0.15) is 22.7 Å². The zero-order chi connectivity index (χ0) is 41.9. The van der Waals surface area contributed by atoms with Crippen LogP contribution in [0.4, 0.5) is 0 Å². The molecule has 13 heteroatoms. The minimum atomic E-state index is -1.47. The first-order valence-corrected chi connectivity index (χ1v) is 20.3. The summed E-state index contributed by atoms with van der Waals surface area (Å²) in [5.41, 5.74) is 4.45. The van der Waals surface area contributed by atoms with Gasteiger partial charge in [-0.25, -0.2) is 19.3 Å². The molecule has 0 bridgehead atoms. The molecule has 302 valence electrons. The molecular formula is C47H41BrN6O6. The first-order chi connectivity index (χ1) is 29.1. The van der Waals surface area contributed by atoms with Crippen molar-refractivity contribution in [2.75, 3.05) is 0 Å². The average Bonchev–Trinajstić information content (AvgIpc) is 3.99. The Balaban J connectivity index is 1.19. The van der Waals surface area contributed by atoms with Crippen LogP contribution >= 0.6 is 15.9 Å². The van der Waals surface area contributed by atoms with Crippen LogP contribution in [0.2, 0.25) is 0 Å². The Labute approximate surface area is 354 Å². The van der Waals surface area contributed by atoms with Crippen molar-refractivity contribution in [2.24, 2.45) is 0 Å². The smallest absolute Gasteiger partial charge is 0.453 e. The van der Waals surface area contributed by atoms with Crippen LogP contribution in [0.15, 0.2) is 158 Å². The monoisotopic (exact) mass is 864 g/mol. The number of esters is 1. The maximum absolute atomic E-state index is 13.8. The summed E-state index contributed by atoms with van der Waals surface area (Å²) in [5.74, 6) is -0.437. The lowest BCUT2D eigenvalue weighted by Gasteiger charge is -2.36. The Morgan fingerprint density at radius 1 is 0.783 bits per heavy atom. The topological polar surface area (TPSA) is 151 Å². The number of halogens is 1. The van der Waals surface area contributed by atoms with Gasteiger partial charge in [0.2, 0.25) is 4.67 Å². The van der Waals surface area contributed by atoms with Gasteiger partial charge in [0.05, 0.1) is 0 Å². The molecular weight excluding hydrogens is 824 g/mol. The third kappa shape index (κ3) is 7.64. The minimum Gasteiger partial charge on any atom is -0.453 e. The lowest BCUT2D eigenvalue weighted by Crippen LogP contribution is -2.39. The average molecular weight is 866 g/mol. The quantitative estimate of drug-likeness (QED) is 0.0829. The van der Waals surface area contributed by atoms with Gasteiger partial charge in [-0.15, -0.1) is 5.10 Å². The highest BCUT2D eigenvalue weighted by Gasteiger charge is 2.42. The van der Waals surface area contributed by atoms with Crippen LogP contribution in [-0.2, 0) is 35.4 Å². The highest BCUT2D eigenvalue weighted by atomic mass is 79.9. The summed E-state index contributed by atoms with van der Waals surface area (Å²) >= 11 is 3.11. The van der Waals surface area contributed by atoms with Crippen molar-refractivity contribution < 1.29 is 23.5 Å². The van der Waals surface area contributed by atoms with Crippen LogP contribution in [0.25, 0.3) is 22.5 Å². The number of aryl methyl sites for hydroxylation is 1. The summed E-state index contributed by atoms with van der Waals surface area (Å²) in [6.07, 6.45) is 1.30. The van der Waals surface area contributed by atoms with Crippen LogP contribution in [-0.4, -0.2) is 40.8 Å². The van der Waals surface area contributed by atoms with Gasteiger partial charge < -0.3 is 23.2 Å². The van der Waals surface area contributed by atoms with Crippen LogP contribution in [0.1, 0.15) is 77.2 Å². The van der Waals surface area contributed by atoms with Gasteiger partial charge in [-0.1, -0.05) is 146 Å². The van der Waals surface area contributed by atoms with Crippen molar-refractivity contribution in [3.05, 3.63) is 200 Å². The molecule has 8 aromatic rings. The second-order valence-corrected chi connectivity index (χ2v) is 15.5. The van der Waals surface area contributed by atoms with Crippen molar-refractivity contribution in [1.82, 2.24) is 29.8 Å². The largest absolute Gasteiger partial charge is 0.520 e. The molecule has 0 aliphatic rings. The molecule has 0 saturated heterocycles. The Kier molecular flexibility index (Phi) is 11.3. The number of carbonyl (C=O) groups is 1. The number of hydrogen-bond acceptors (Lipinski definition) is 10. The summed E-state index contributed by atoms with van der Waals surface area (Å²) in [6, 6.07) is 47.0. The molecule has 8 rings (SSSR count). The molecule has 0 fully saturated rings. The molecule has 0 aliphatic carbocycles. The molecule has 3 heterocycles. The van der Waals surface area contributed by atoms with E-state index in [1.54, 1.807) is 18.4 Å². The molecule has 0 amide bonds. The van der Waals surface area contributed by atoms with E-state index in [2.05, 4.69) is 63.6 Å². The van der Waals surface area contributed by atoms with Gasteiger partial charge in [0.15, 0.2) is 23.9 Å². The second kappa shape index (κ2) is 16.9. The van der Waals surface area contributed by atoms with Crippen LogP contribution in [0.3, 0.4) is 0 Å². The number of ether oxygens (including phenoxy) is 1. The van der Waals surface area contributed by atoms with E-state index in [1.807, 2.05) is 109 Å². The summed E-state index contributed by atoms with van der Waals surface area (Å²) in [7, 11) is 0. The van der Waals surface area contributed by atoms with E-state index in [0.29, 0.717) is 18.1 Å². The van der Waals surface area contributed by atoms with E-state index in [1.165, 1.54) is 0 Å². The van der Waals surface area contributed by atoms with Crippen molar-refractivity contribution in [1.29, 1.82) is 0 Å². The van der Waals surface area contributed by atoms with Crippen LogP contribution < -0.4 is 5.82 Å². The van der Waals surface area contributed by atoms with Crippen molar-refractivity contribution >= 4 is 21.9 Å². The number of rotatable bonds is 14. The summed E-state index contributed by atoms with van der Waals surface area (Å²) in [5, 5.41) is 24.9. The van der Waals surface area contributed by atoms with Gasteiger partial charge in [-0.3, -0.25) is 0 Å². The third-order valence-corrected chi connectivity index (χ3v) is 11.0. The molecule has 0 aliphatic heterocycles. The molecule has 5 aromatic carbocycles. The number of aromatic nitrogens is 6. The van der Waals surface area contributed by atoms with E-state index in [9.17, 15) is 14.7 Å². The van der Waals surface area contributed by atoms with Gasteiger partial charge in [0.25, 0.3) is 0 Å². The molecule has 0 spiro atoms. The summed E-state index contributed by atoms with van der Waals surface area (Å²) in [6.45, 7) is 5.06. The first kappa shape index (κ1) is 40.1. The van der Waals surface area contributed by atoms with Gasteiger partial charge >= 0.3 is 11.8 Å². The lowest BCUT2D eigenvalue weighted by molar-refractivity contribution is 0.0395. The number of imidazole rings is 1. The highest BCUT2D eigenvalue weighted by Crippen LogP contribution is 2.43. The van der Waals surface area contributed by atoms with Crippen molar-refractivity contribution in [3.63, 3.8) is 0 Å². The zero-order valence-electron chi connectivity index (χ0n) is 33.2. The normalized spacial score (nSPS) is 11.8. The molecule has 12 nitrogen and oxygen atoms in total. The Bertz CT molecular complexity index is 2690. The zero-order valence-corrected chi connectivity index (χ0v) is 34.7. The maximum atomic E-state index is 13.8. The number of aliphatic hydroxyl groups is 1. The second-order valence-electron chi connectivity index (χ2n) is 14.8. The molecule has 3 aromatic heterocycles. The Morgan fingerprint density at radius 3 is 1.88 bits per heavy atom. The minimum absolute atomic E-state index is 0.0220. The number of hydrogen-bond donors (Lipinski definition) is 1. The molecule has 60 heavy (non-hydrogen) atoms. The highest BCUT2D eigenvalue weighted by molar-refractivity contribution is 9.10. The van der Waals surface area contributed by atoms with E-state index >= 15 is 0 Å². The molecule has 0 unspecified atom stereocenters. The predicted octanol–water partition coefficient (Wildman–Crippen LogP) is 8.94. The summed E-state index contributed by atoms with van der Waals surface area (Å²) < 4.78 is 19.2. The van der Waals surface area contributed by atoms with Gasteiger partial charge in [-0.05, 0) is 80.0 Å². The molecule has 0 saturated carbocycles. The number of benzene rings is 5. The third-order valence-electron chi connectivity index (χ3n) is 10.4. The van der Waals surface area contributed by atoms with Crippen molar-refractivity contribution in [2.45, 2.75) is 57.9 Å². The Morgan fingerprint density at radius 2 is 1.35 bits per heavy atom. The molecule has 0 radical (unpaired) electrons. The van der Waals surface area contributed by atoms with Crippen LogP contribution in [0.5, 0.6) is 0 Å². The fourth-order valence-electron chi connectivity index (χ4n) is 7.68. The first-order valence-electron chi connectivity index (χ1n) is 19.5. The molecule has 0 atom stereocenters. The fraction of sp³-hybridized carbons (Fsp3) is 0.191. The van der Waals surface area contributed by atoms with Crippen molar-refractivity contribution in [3.8, 4) is 22.5 Å². The predicted molar refractivity (Wildman–Crippen MR) is 228 cm³/mol. The maximum Gasteiger partial charge on any atom is 0.520 e. The number of carbonyl (C=O) groups excluding carboxylic acids is 1. The van der Waals surface area contributed by atoms with E-state index in [4.69, 9.17) is 28.9 Å². The SMILES string of the molecule is CCCc1nc(C(C)(C)O)c(C(=O)OCc2oc(=O)oc2Br)n1Cc1ccc(-c2ccccc2-c2nnnn2C(c2ccccc2)(c2ccccc2)c2ccccc2)cc1. The van der Waals surface area contributed by atoms with Gasteiger partial charge in [0, 0.05) is 18.5 Å². The standard InChI is InChI=1S/C47H41BrN6O6/c1-4-16-39-49-41(46(2,3)57)40(44(55)58-30-38-42(48)60-45(56)59-38)53(39)29-31-25-27-32(28-26-31)36-23-14-15-24-37(36)43-50-51-52-54(43)47(33-17-8-5-9-18-33,34-19-10-6-11-20-34)35-21-12-7-13-22-35/h5-15,17-28,57H,4,16,29-30H2,1-3H3. The number of tetrazole rings is 1. The van der Waals surface area contributed by atoms with E-state index in [0.717, 1.165) is 45.4 Å². The fourth-order valence-corrected chi connectivity index (χ4v) is 8.01. The number of nitrogens with zero attached hydrogens (tertiary/aromatic N) is 6.